The quantitative estimate of drug-likeness (QED) is 0.411. The molecular weight excluding hydrogens is 409 g/mol. The molecule has 7 nitrogen and oxygen atoms in total. The van der Waals surface area contributed by atoms with Crippen molar-refractivity contribution < 1.29 is 14.5 Å². The number of thioether (sulfide) groups is 1. The maximum Gasteiger partial charge on any atom is 0.293 e. The molecule has 0 radical (unpaired) electrons. The number of imide groups is 1. The van der Waals surface area contributed by atoms with Crippen LogP contribution in [-0.4, -0.2) is 26.0 Å². The number of thiazole rings is 1. The molecule has 1 fully saturated rings. The Morgan fingerprint density at radius 3 is 2.64 bits per heavy atom. The molecule has 0 bridgehead atoms. The highest BCUT2D eigenvalue weighted by molar-refractivity contribution is 8.18. The third-order valence-corrected chi connectivity index (χ3v) is 5.65. The Kier molecular flexibility index (Phi) is 5.09. The van der Waals surface area contributed by atoms with E-state index in [9.17, 15) is 19.7 Å². The molecule has 2 amide bonds. The van der Waals surface area contributed by atoms with Crippen molar-refractivity contribution >= 4 is 69.2 Å². The van der Waals surface area contributed by atoms with Gasteiger partial charge in [-0.3, -0.25) is 24.6 Å². The van der Waals surface area contributed by atoms with E-state index >= 15 is 0 Å². The van der Waals surface area contributed by atoms with E-state index in [4.69, 9.17) is 23.2 Å². The van der Waals surface area contributed by atoms with Crippen molar-refractivity contribution in [2.75, 3.05) is 0 Å². The number of nitro benzene ring substituents is 1. The van der Waals surface area contributed by atoms with Crippen LogP contribution in [0.5, 0.6) is 0 Å². The van der Waals surface area contributed by atoms with Gasteiger partial charge >= 0.3 is 0 Å². The number of amides is 2. The van der Waals surface area contributed by atoms with Gasteiger partial charge in [-0.25, -0.2) is 4.98 Å². The van der Waals surface area contributed by atoms with E-state index in [1.54, 1.807) is 6.07 Å². The van der Waals surface area contributed by atoms with Crippen LogP contribution in [0.4, 0.5) is 10.5 Å². The van der Waals surface area contributed by atoms with E-state index in [0.717, 1.165) is 28.0 Å². The van der Waals surface area contributed by atoms with Crippen LogP contribution in [0.25, 0.3) is 6.08 Å². The molecule has 25 heavy (non-hydrogen) atoms. The smallest absolute Gasteiger partial charge is 0.268 e. The lowest BCUT2D eigenvalue weighted by atomic mass is 10.1. The fraction of sp³-hybridized carbons (Fsp3) is 0.0714. The third kappa shape index (κ3) is 3.69. The topological polar surface area (TPSA) is 93.4 Å². The van der Waals surface area contributed by atoms with Gasteiger partial charge in [0.05, 0.1) is 21.3 Å². The first-order valence-corrected chi connectivity index (χ1v) is 9.05. The summed E-state index contributed by atoms with van der Waals surface area (Å²) in [5.74, 6) is -0.547. The van der Waals surface area contributed by atoms with Crippen LogP contribution < -0.4 is 0 Å². The SMILES string of the molecule is O=C1S/C(=C/c2sc(Cl)nc2Cl)C(=O)N1Cc1ccccc1[N+](=O)[O-]. The van der Waals surface area contributed by atoms with Gasteiger partial charge in [0.25, 0.3) is 16.8 Å². The first kappa shape index (κ1) is 17.9. The molecule has 1 aromatic carbocycles. The predicted octanol–water partition coefficient (Wildman–Crippen LogP) is 4.59. The number of para-hydroxylation sites is 1. The Morgan fingerprint density at radius 2 is 2.00 bits per heavy atom. The van der Waals surface area contributed by atoms with Crippen LogP contribution in [0.15, 0.2) is 29.2 Å². The Bertz CT molecular complexity index is 929. The number of carbonyl (C=O) groups excluding carboxylic acids is 2. The Labute approximate surface area is 159 Å². The zero-order valence-electron chi connectivity index (χ0n) is 12.1. The number of carbonyl (C=O) groups is 2. The summed E-state index contributed by atoms with van der Waals surface area (Å²) in [7, 11) is 0. The minimum atomic E-state index is -0.552. The minimum absolute atomic E-state index is 0.139. The van der Waals surface area contributed by atoms with Crippen LogP contribution >= 0.6 is 46.3 Å². The van der Waals surface area contributed by atoms with Gasteiger partial charge in [0.15, 0.2) is 4.47 Å². The summed E-state index contributed by atoms with van der Waals surface area (Å²) in [6.45, 7) is -0.184. The summed E-state index contributed by atoms with van der Waals surface area (Å²) in [6.07, 6.45) is 1.44. The maximum absolute atomic E-state index is 12.5. The molecule has 128 valence electrons. The first-order chi connectivity index (χ1) is 11.9. The average molecular weight is 416 g/mol. The van der Waals surface area contributed by atoms with Gasteiger partial charge in [0, 0.05) is 11.6 Å². The maximum atomic E-state index is 12.5. The van der Waals surface area contributed by atoms with Gasteiger partial charge in [-0.1, -0.05) is 41.4 Å². The number of benzene rings is 1. The molecule has 3 rings (SSSR count). The molecule has 1 saturated heterocycles. The lowest BCUT2D eigenvalue weighted by Gasteiger charge is -2.12. The number of halogens is 2. The highest BCUT2D eigenvalue weighted by Crippen LogP contribution is 2.37. The summed E-state index contributed by atoms with van der Waals surface area (Å²) >= 11 is 13.5. The molecule has 0 unspecified atom stereocenters. The molecule has 11 heteroatoms. The van der Waals surface area contributed by atoms with Crippen molar-refractivity contribution in [3.8, 4) is 0 Å². The summed E-state index contributed by atoms with van der Waals surface area (Å²) in [5.41, 5.74) is 0.123. The van der Waals surface area contributed by atoms with Crippen LogP contribution in [0.3, 0.4) is 0 Å². The average Bonchev–Trinajstić information content (AvgIpc) is 3.01. The molecule has 1 aliphatic rings. The molecular formula is C14H7Cl2N3O4S2. The predicted molar refractivity (Wildman–Crippen MR) is 96.7 cm³/mol. The van der Waals surface area contributed by atoms with Gasteiger partial charge in [-0.05, 0) is 17.8 Å². The zero-order valence-corrected chi connectivity index (χ0v) is 15.3. The Balaban J connectivity index is 1.88. The highest BCUT2D eigenvalue weighted by Gasteiger charge is 2.36. The van der Waals surface area contributed by atoms with Gasteiger partial charge in [0.1, 0.15) is 5.15 Å². The van der Waals surface area contributed by atoms with Gasteiger partial charge in [-0.2, -0.15) is 0 Å². The minimum Gasteiger partial charge on any atom is -0.268 e. The number of nitro groups is 1. The molecule has 0 N–H and O–H groups in total. The van der Waals surface area contributed by atoms with Crippen LogP contribution in [0.2, 0.25) is 9.62 Å². The van der Waals surface area contributed by atoms with E-state index < -0.39 is 16.1 Å². The Hall–Kier alpha value is -1.94. The molecule has 0 spiro atoms. The molecule has 0 atom stereocenters. The van der Waals surface area contributed by atoms with Crippen molar-refractivity contribution in [3.05, 3.63) is 59.3 Å². The van der Waals surface area contributed by atoms with Crippen molar-refractivity contribution in [1.82, 2.24) is 9.88 Å². The van der Waals surface area contributed by atoms with Crippen LogP contribution in [0, 0.1) is 10.1 Å². The lowest BCUT2D eigenvalue weighted by Crippen LogP contribution is -2.27. The molecule has 1 aliphatic heterocycles. The van der Waals surface area contributed by atoms with Gasteiger partial charge < -0.3 is 0 Å². The number of aromatic nitrogens is 1. The number of hydrogen-bond acceptors (Lipinski definition) is 7. The van der Waals surface area contributed by atoms with E-state index in [1.807, 2.05) is 0 Å². The summed E-state index contributed by atoms with van der Waals surface area (Å²) < 4.78 is 0.218. The number of nitrogens with zero attached hydrogens (tertiary/aromatic N) is 3. The normalized spacial score (nSPS) is 16.1. The zero-order chi connectivity index (χ0) is 18.1. The third-order valence-electron chi connectivity index (χ3n) is 3.24. The second kappa shape index (κ2) is 7.12. The second-order valence-corrected chi connectivity index (χ2v) is 7.74. The monoisotopic (exact) mass is 415 g/mol. The van der Waals surface area contributed by atoms with Crippen molar-refractivity contribution in [2.24, 2.45) is 0 Å². The molecule has 2 aromatic rings. The molecule has 1 aromatic heterocycles. The van der Waals surface area contributed by atoms with Crippen LogP contribution in [0.1, 0.15) is 10.4 Å². The molecule has 2 heterocycles. The van der Waals surface area contributed by atoms with E-state index in [2.05, 4.69) is 4.98 Å². The van der Waals surface area contributed by atoms with Crippen LogP contribution in [-0.2, 0) is 11.3 Å². The number of rotatable bonds is 4. The van der Waals surface area contributed by atoms with E-state index in [-0.39, 0.29) is 32.3 Å². The van der Waals surface area contributed by atoms with Gasteiger partial charge in [0.2, 0.25) is 0 Å². The van der Waals surface area contributed by atoms with E-state index in [0.29, 0.717) is 4.88 Å². The second-order valence-electron chi connectivity index (χ2n) is 4.78. The number of hydrogen-bond donors (Lipinski definition) is 0. The summed E-state index contributed by atoms with van der Waals surface area (Å²) in [5, 5.41) is 10.7. The fourth-order valence-corrected chi connectivity index (χ4v) is 4.33. The fourth-order valence-electron chi connectivity index (χ4n) is 2.13. The molecule has 0 aliphatic carbocycles. The molecule has 0 saturated carbocycles. The van der Waals surface area contributed by atoms with Gasteiger partial charge in [-0.15, -0.1) is 11.3 Å². The first-order valence-electron chi connectivity index (χ1n) is 6.66. The standard InChI is InChI=1S/C14H7Cl2N3O4S2/c15-11-9(24-13(16)17-11)5-10-12(20)18(14(21)25-10)6-7-3-1-2-4-8(7)19(22)23/h1-5H,6H2/b10-5+. The lowest BCUT2D eigenvalue weighted by molar-refractivity contribution is -0.385. The summed E-state index contributed by atoms with van der Waals surface area (Å²) in [6, 6.07) is 5.95. The highest BCUT2D eigenvalue weighted by atomic mass is 35.5. The van der Waals surface area contributed by atoms with E-state index in [1.165, 1.54) is 24.3 Å². The summed E-state index contributed by atoms with van der Waals surface area (Å²) in [4.78, 5) is 40.5. The van der Waals surface area contributed by atoms with Crippen molar-refractivity contribution in [2.45, 2.75) is 6.54 Å². The Morgan fingerprint density at radius 1 is 1.28 bits per heavy atom. The van der Waals surface area contributed by atoms with Crippen molar-refractivity contribution in [1.29, 1.82) is 0 Å². The largest absolute Gasteiger partial charge is 0.293 e. The van der Waals surface area contributed by atoms with Crippen molar-refractivity contribution in [3.63, 3.8) is 0 Å².